The molecule has 0 N–H and O–H groups in total. The Balaban J connectivity index is 1.17. The molecule has 0 bridgehead atoms. The van der Waals surface area contributed by atoms with E-state index < -0.39 is 0 Å². The van der Waals surface area contributed by atoms with Gasteiger partial charge < -0.3 is 0 Å². The zero-order chi connectivity index (χ0) is 42.4. The maximum atomic E-state index is 4.16. The van der Waals surface area contributed by atoms with Crippen molar-refractivity contribution in [1.82, 2.24) is 0 Å². The second kappa shape index (κ2) is 18.4. The Labute approximate surface area is 378 Å². The van der Waals surface area contributed by atoms with Gasteiger partial charge in [-0.1, -0.05) is 212 Å². The molecule has 1 aliphatic carbocycles. The van der Waals surface area contributed by atoms with Crippen LogP contribution in [-0.2, 0) is 6.42 Å². The number of hydrogen-bond acceptors (Lipinski definition) is 2. The van der Waals surface area contributed by atoms with Crippen LogP contribution in [0.4, 0.5) is 0 Å². The van der Waals surface area contributed by atoms with Crippen LogP contribution in [-0.4, -0.2) is 0 Å². The van der Waals surface area contributed by atoms with E-state index >= 15 is 0 Å². The lowest BCUT2D eigenvalue weighted by Crippen LogP contribution is -2.07. The Kier molecular flexibility index (Phi) is 11.7. The van der Waals surface area contributed by atoms with Gasteiger partial charge in [-0.25, -0.2) is 0 Å². The van der Waals surface area contributed by atoms with Crippen molar-refractivity contribution >= 4 is 72.0 Å². The van der Waals surface area contributed by atoms with Crippen molar-refractivity contribution in [3.05, 3.63) is 281 Å². The largest absolute Gasteiger partial charge is 0.135 e. The highest BCUT2D eigenvalue weighted by atomic mass is 32.2. The van der Waals surface area contributed by atoms with E-state index in [9.17, 15) is 0 Å². The fraction of sp³-hybridized carbons (Fsp3) is 0.0328. The standard InChI is InChI=1S/C61H43S2/c1-2-21-60(61-39-38-59(63-61)53-35-20-31-43-30-16-17-32-49(43)53)62-48-36-37-52-56(40-48)58(42-55(46-26-12-6-13-27-46)47-28-14-7-15-29-47)51-34-19-18-33-50(51)57(52)41-54(45-24-10-5-11-25-45)44-22-8-3-4-9-23-44/h2-8,10-22,24-41,55H,1,42H2/b54-41-,60-21-. The van der Waals surface area contributed by atoms with Crippen LogP contribution in [0.5, 0.6) is 0 Å². The summed E-state index contributed by atoms with van der Waals surface area (Å²) in [5.41, 5.74) is 16.3. The van der Waals surface area contributed by atoms with Crippen LogP contribution >= 0.6 is 23.1 Å². The predicted octanol–water partition coefficient (Wildman–Crippen LogP) is 17.1. The van der Waals surface area contributed by atoms with Crippen molar-refractivity contribution in [3.8, 4) is 10.4 Å². The number of thioether (sulfide) groups is 1. The summed E-state index contributed by atoms with van der Waals surface area (Å²) in [6.45, 7) is 4.16. The summed E-state index contributed by atoms with van der Waals surface area (Å²) >= 11 is 3.64. The Morgan fingerprint density at radius 3 is 2.05 bits per heavy atom. The molecule has 1 aliphatic rings. The summed E-state index contributed by atoms with van der Waals surface area (Å²) in [6, 6.07) is 68.5. The van der Waals surface area contributed by atoms with Crippen molar-refractivity contribution < 1.29 is 0 Å². The third kappa shape index (κ3) is 8.42. The molecule has 0 amide bonds. The van der Waals surface area contributed by atoms with Crippen molar-refractivity contribution in [2.24, 2.45) is 0 Å². The SMILES string of the molecule is C=C/C=C(\Sc1ccc2c(/C=C(/C3=C=C=CC=C[CH]3)c3ccccc3)c3ccccc3c(CC(c3ccccc3)c3ccccc3)c2c1)c1ccc(-c2cccc3ccccc23)s1. The van der Waals surface area contributed by atoms with E-state index in [2.05, 4.69) is 231 Å². The minimum atomic E-state index is 0.154. The molecule has 299 valence electrons. The first-order valence-corrected chi connectivity index (χ1v) is 23.0. The first-order valence-electron chi connectivity index (χ1n) is 21.4. The van der Waals surface area contributed by atoms with Gasteiger partial charge in [0.15, 0.2) is 0 Å². The smallest absolute Gasteiger partial charge is 0.0416 e. The molecule has 0 nitrogen and oxygen atoms in total. The lowest BCUT2D eigenvalue weighted by molar-refractivity contribution is 0.814. The van der Waals surface area contributed by atoms with Gasteiger partial charge in [0, 0.05) is 37.5 Å². The molecule has 2 heteroatoms. The van der Waals surface area contributed by atoms with E-state index in [1.165, 1.54) is 79.7 Å². The van der Waals surface area contributed by atoms with Gasteiger partial charge in [0.25, 0.3) is 0 Å². The summed E-state index contributed by atoms with van der Waals surface area (Å²) in [6.07, 6.45) is 15.4. The molecule has 1 aromatic heterocycles. The molecule has 0 saturated heterocycles. The summed E-state index contributed by atoms with van der Waals surface area (Å²) in [4.78, 5) is 4.82. The average Bonchev–Trinajstić information content (AvgIpc) is 3.68. The lowest BCUT2D eigenvalue weighted by atomic mass is 9.81. The number of fused-ring (bicyclic) bond motifs is 3. The van der Waals surface area contributed by atoms with Crippen LogP contribution in [0, 0.1) is 6.42 Å². The number of hydrogen-bond donors (Lipinski definition) is 0. The molecular weight excluding hydrogens is 797 g/mol. The fourth-order valence-corrected chi connectivity index (χ4v) is 10.9. The number of benzene rings is 8. The molecule has 0 aliphatic heterocycles. The zero-order valence-electron chi connectivity index (χ0n) is 34.7. The Hall–Kier alpha value is -7.15. The predicted molar refractivity (Wildman–Crippen MR) is 274 cm³/mol. The quantitative estimate of drug-likeness (QED) is 0.0388. The van der Waals surface area contributed by atoms with E-state index in [-0.39, 0.29) is 5.92 Å². The van der Waals surface area contributed by atoms with Crippen LogP contribution < -0.4 is 0 Å². The molecule has 8 aromatic carbocycles. The highest BCUT2D eigenvalue weighted by Crippen LogP contribution is 2.45. The summed E-state index contributed by atoms with van der Waals surface area (Å²) in [5, 5.41) is 7.48. The van der Waals surface area contributed by atoms with Gasteiger partial charge in [-0.15, -0.1) is 11.3 Å². The summed E-state index contributed by atoms with van der Waals surface area (Å²) in [5.74, 6) is 0.154. The minimum Gasteiger partial charge on any atom is -0.135 e. The molecular formula is C61H43S2. The van der Waals surface area contributed by atoms with Crippen molar-refractivity contribution in [2.45, 2.75) is 17.2 Å². The molecule has 1 heterocycles. The highest BCUT2D eigenvalue weighted by molar-refractivity contribution is 8.08. The molecule has 1 radical (unpaired) electrons. The number of allylic oxidation sites excluding steroid dienone is 7. The van der Waals surface area contributed by atoms with Crippen molar-refractivity contribution in [2.75, 3.05) is 0 Å². The first-order chi connectivity index (χ1) is 31.2. The topological polar surface area (TPSA) is 0 Å². The Bertz CT molecular complexity index is 3280. The third-order valence-corrected chi connectivity index (χ3v) is 14.1. The van der Waals surface area contributed by atoms with Gasteiger partial charge in [-0.3, -0.25) is 0 Å². The van der Waals surface area contributed by atoms with Gasteiger partial charge >= 0.3 is 0 Å². The normalized spacial score (nSPS) is 12.9. The molecule has 0 fully saturated rings. The van der Waals surface area contributed by atoms with Gasteiger partial charge in [0.2, 0.25) is 0 Å². The van der Waals surface area contributed by atoms with Gasteiger partial charge in [0.05, 0.1) is 0 Å². The van der Waals surface area contributed by atoms with Crippen LogP contribution in [0.3, 0.4) is 0 Å². The van der Waals surface area contributed by atoms with Gasteiger partial charge in [-0.2, -0.15) is 0 Å². The second-order valence-electron chi connectivity index (χ2n) is 15.6. The molecule has 0 saturated carbocycles. The van der Waals surface area contributed by atoms with Crippen molar-refractivity contribution in [1.29, 1.82) is 0 Å². The number of thiophene rings is 1. The third-order valence-electron chi connectivity index (χ3n) is 11.8. The van der Waals surface area contributed by atoms with Gasteiger partial charge in [-0.05, 0) is 120 Å². The molecule has 63 heavy (non-hydrogen) atoms. The molecule has 0 atom stereocenters. The zero-order valence-corrected chi connectivity index (χ0v) is 36.4. The molecule has 9 aromatic rings. The Morgan fingerprint density at radius 2 is 1.29 bits per heavy atom. The second-order valence-corrected chi connectivity index (χ2v) is 17.8. The first kappa shape index (κ1) is 40.0. The van der Waals surface area contributed by atoms with Crippen LogP contribution in [0.25, 0.3) is 59.3 Å². The summed E-state index contributed by atoms with van der Waals surface area (Å²) in [7, 11) is 0. The average molecular weight is 840 g/mol. The van der Waals surface area contributed by atoms with Crippen LogP contribution in [0.2, 0.25) is 0 Å². The van der Waals surface area contributed by atoms with E-state index in [4.69, 9.17) is 0 Å². The molecule has 0 unspecified atom stereocenters. The monoisotopic (exact) mass is 839 g/mol. The van der Waals surface area contributed by atoms with Gasteiger partial charge in [0.1, 0.15) is 0 Å². The minimum absolute atomic E-state index is 0.154. The number of rotatable bonds is 12. The van der Waals surface area contributed by atoms with E-state index in [1.807, 2.05) is 41.3 Å². The van der Waals surface area contributed by atoms with Crippen LogP contribution in [0.1, 0.15) is 38.6 Å². The Morgan fingerprint density at radius 1 is 0.619 bits per heavy atom. The van der Waals surface area contributed by atoms with Crippen LogP contribution in [0.15, 0.2) is 247 Å². The van der Waals surface area contributed by atoms with E-state index in [0.717, 1.165) is 23.1 Å². The van der Waals surface area contributed by atoms with Crippen molar-refractivity contribution in [3.63, 3.8) is 0 Å². The van der Waals surface area contributed by atoms with E-state index in [0.29, 0.717) is 0 Å². The lowest BCUT2D eigenvalue weighted by Gasteiger charge is -2.23. The maximum Gasteiger partial charge on any atom is 0.0416 e. The highest BCUT2D eigenvalue weighted by Gasteiger charge is 2.22. The maximum absolute atomic E-state index is 4.16. The molecule has 0 spiro atoms. The fourth-order valence-electron chi connectivity index (χ4n) is 8.83. The molecule has 10 rings (SSSR count). The summed E-state index contributed by atoms with van der Waals surface area (Å²) < 4.78 is 0. The van der Waals surface area contributed by atoms with E-state index in [1.54, 1.807) is 0 Å².